The molecule has 2 aromatic carbocycles. The van der Waals surface area contributed by atoms with Gasteiger partial charge in [0.05, 0.1) is 0 Å². The Morgan fingerprint density at radius 3 is 1.04 bits per heavy atom. The van der Waals surface area contributed by atoms with Gasteiger partial charge in [-0.15, -0.1) is 0 Å². The van der Waals surface area contributed by atoms with Gasteiger partial charge in [0.2, 0.25) is 0 Å². The van der Waals surface area contributed by atoms with E-state index >= 15 is 0 Å². The van der Waals surface area contributed by atoms with E-state index in [2.05, 4.69) is 13.2 Å². The van der Waals surface area contributed by atoms with Crippen molar-refractivity contribution in [3.05, 3.63) is 84.9 Å². The largest absolute Gasteiger partial charge is 1.00 e. The van der Waals surface area contributed by atoms with Gasteiger partial charge in [-0.1, -0.05) is 86.0 Å². The molecule has 112 valence electrons. The number of rotatable bonds is 2. The molecule has 23 heavy (non-hydrogen) atoms. The molecular weight excluding hydrogens is 334 g/mol. The second-order valence-electron chi connectivity index (χ2n) is 3.64. The quantitative estimate of drug-likeness (QED) is 0.336. The third-order valence-corrected chi connectivity index (χ3v) is 2.07. The summed E-state index contributed by atoms with van der Waals surface area (Å²) in [7, 11) is -5.17. The molecule has 0 aliphatic heterocycles. The van der Waals surface area contributed by atoms with Crippen LogP contribution in [-0.2, 0) is 10.4 Å². The van der Waals surface area contributed by atoms with Crippen molar-refractivity contribution >= 4 is 22.6 Å². The van der Waals surface area contributed by atoms with E-state index in [1.807, 2.05) is 72.8 Å². The van der Waals surface area contributed by atoms with Crippen LogP contribution in [0.2, 0.25) is 0 Å². The molecule has 0 amide bonds. The van der Waals surface area contributed by atoms with Crippen LogP contribution >= 0.6 is 0 Å². The van der Waals surface area contributed by atoms with Gasteiger partial charge in [-0.25, -0.2) is 0 Å². The van der Waals surface area contributed by atoms with Crippen molar-refractivity contribution in [2.75, 3.05) is 0 Å². The summed E-state index contributed by atoms with van der Waals surface area (Å²) in [5.74, 6) is 0. The Kier molecular flexibility index (Phi) is 20.0. The molecule has 0 heterocycles. The van der Waals surface area contributed by atoms with Gasteiger partial charge in [0.15, 0.2) is 0 Å². The summed E-state index contributed by atoms with van der Waals surface area (Å²) in [6.45, 7) is 7.26. The summed E-state index contributed by atoms with van der Waals surface area (Å²) in [6.07, 6.45) is 3.67. The average molecular weight is 350 g/mol. The minimum absolute atomic E-state index is 0. The van der Waals surface area contributed by atoms with E-state index in [1.165, 1.54) is 11.1 Å². The van der Waals surface area contributed by atoms with E-state index in [-0.39, 0.29) is 59.1 Å². The molecular formula is C16H16Na2O4S. The zero-order chi connectivity index (χ0) is 16.1. The SMILES string of the molecule is C=Cc1ccccc1.C=Cc1ccccc1.O=S(=O)([O-])[O-].[Na+].[Na+]. The maximum atomic E-state index is 8.52. The Balaban J connectivity index is -0.000000258. The van der Waals surface area contributed by atoms with Gasteiger partial charge >= 0.3 is 59.1 Å². The summed E-state index contributed by atoms with van der Waals surface area (Å²) < 4.78 is 34.1. The van der Waals surface area contributed by atoms with Gasteiger partial charge in [-0.2, -0.15) is 0 Å². The smallest absolute Gasteiger partial charge is 0.759 e. The fourth-order valence-corrected chi connectivity index (χ4v) is 1.18. The molecule has 0 radical (unpaired) electrons. The van der Waals surface area contributed by atoms with Crippen LogP contribution < -0.4 is 59.1 Å². The Bertz CT molecular complexity index is 578. The molecule has 2 rings (SSSR count). The van der Waals surface area contributed by atoms with Crippen LogP contribution in [0.25, 0.3) is 12.2 Å². The zero-order valence-electron chi connectivity index (χ0n) is 13.4. The first kappa shape index (κ1) is 27.6. The molecule has 0 aliphatic rings. The molecule has 0 saturated heterocycles. The second kappa shape index (κ2) is 16.6. The molecule has 0 unspecified atom stereocenters. The third-order valence-electron chi connectivity index (χ3n) is 2.07. The van der Waals surface area contributed by atoms with Crippen molar-refractivity contribution in [3.63, 3.8) is 0 Å². The van der Waals surface area contributed by atoms with Gasteiger partial charge in [0, 0.05) is 10.4 Å². The molecule has 0 fully saturated rings. The summed E-state index contributed by atoms with van der Waals surface area (Å²) in [4.78, 5) is 0. The maximum Gasteiger partial charge on any atom is 1.00 e. The van der Waals surface area contributed by atoms with Gasteiger partial charge in [0.25, 0.3) is 0 Å². The topological polar surface area (TPSA) is 80.3 Å². The van der Waals surface area contributed by atoms with Gasteiger partial charge in [-0.05, 0) is 11.1 Å². The molecule has 0 N–H and O–H groups in total. The van der Waals surface area contributed by atoms with Crippen LogP contribution in [0.1, 0.15) is 11.1 Å². The number of hydrogen-bond acceptors (Lipinski definition) is 4. The van der Waals surface area contributed by atoms with E-state index in [0.717, 1.165) is 0 Å². The Morgan fingerprint density at radius 1 is 0.696 bits per heavy atom. The average Bonchev–Trinajstić information content (AvgIpc) is 2.48. The zero-order valence-corrected chi connectivity index (χ0v) is 18.2. The molecule has 4 nitrogen and oxygen atoms in total. The minimum atomic E-state index is -5.17. The van der Waals surface area contributed by atoms with Crippen LogP contribution in [0, 0.1) is 0 Å². The molecule has 7 heteroatoms. The third kappa shape index (κ3) is 21.8. The summed E-state index contributed by atoms with van der Waals surface area (Å²) in [5, 5.41) is 0. The van der Waals surface area contributed by atoms with Crippen molar-refractivity contribution < 1.29 is 76.6 Å². The van der Waals surface area contributed by atoms with Gasteiger partial charge in [0.1, 0.15) is 0 Å². The standard InChI is InChI=1S/2C8H8.2Na.H2O4S/c2*1-2-8-6-4-3-5-7-8;;;1-5(2,3)4/h2*2-7H,1H2;;;(H2,1,2,3,4)/q;;2*+1;/p-2. The van der Waals surface area contributed by atoms with Crippen LogP contribution in [0.5, 0.6) is 0 Å². The first-order valence-electron chi connectivity index (χ1n) is 5.88. The van der Waals surface area contributed by atoms with Crippen molar-refractivity contribution in [1.29, 1.82) is 0 Å². The first-order valence-corrected chi connectivity index (χ1v) is 7.22. The Labute approximate surface area is 182 Å². The summed E-state index contributed by atoms with van der Waals surface area (Å²) in [5.41, 5.74) is 2.35. The van der Waals surface area contributed by atoms with Gasteiger partial charge < -0.3 is 9.11 Å². The maximum absolute atomic E-state index is 8.52. The monoisotopic (exact) mass is 350 g/mol. The molecule has 0 atom stereocenters. The predicted octanol–water partition coefficient (Wildman–Crippen LogP) is -2.67. The Hall–Kier alpha value is -0.210. The number of benzene rings is 2. The normalized spacial score (nSPS) is 8.43. The van der Waals surface area contributed by atoms with E-state index in [4.69, 9.17) is 17.5 Å². The van der Waals surface area contributed by atoms with Crippen molar-refractivity contribution in [1.82, 2.24) is 0 Å². The number of hydrogen-bond donors (Lipinski definition) is 0. The molecule has 0 bridgehead atoms. The van der Waals surface area contributed by atoms with Crippen LogP contribution in [0.15, 0.2) is 73.8 Å². The fraction of sp³-hybridized carbons (Fsp3) is 0. The van der Waals surface area contributed by atoms with E-state index in [0.29, 0.717) is 0 Å². The van der Waals surface area contributed by atoms with Crippen LogP contribution in [0.3, 0.4) is 0 Å². The van der Waals surface area contributed by atoms with Crippen molar-refractivity contribution in [3.8, 4) is 0 Å². The van der Waals surface area contributed by atoms with Crippen LogP contribution in [-0.4, -0.2) is 17.5 Å². The van der Waals surface area contributed by atoms with Gasteiger partial charge in [-0.3, -0.25) is 8.42 Å². The van der Waals surface area contributed by atoms with Crippen LogP contribution in [0.4, 0.5) is 0 Å². The predicted molar refractivity (Wildman–Crippen MR) is 83.5 cm³/mol. The molecule has 0 spiro atoms. The minimum Gasteiger partial charge on any atom is -0.759 e. The fourth-order valence-electron chi connectivity index (χ4n) is 1.18. The second-order valence-corrected chi connectivity index (χ2v) is 4.45. The molecule has 0 aromatic heterocycles. The molecule has 2 aromatic rings. The van der Waals surface area contributed by atoms with Crippen molar-refractivity contribution in [2.24, 2.45) is 0 Å². The van der Waals surface area contributed by atoms with E-state index < -0.39 is 10.4 Å². The first-order chi connectivity index (χ1) is 9.86. The molecule has 0 saturated carbocycles. The van der Waals surface area contributed by atoms with E-state index in [1.54, 1.807) is 0 Å². The Morgan fingerprint density at radius 2 is 0.913 bits per heavy atom. The summed E-state index contributed by atoms with van der Waals surface area (Å²) >= 11 is 0. The molecule has 0 aliphatic carbocycles. The van der Waals surface area contributed by atoms with Crippen molar-refractivity contribution in [2.45, 2.75) is 0 Å². The summed E-state index contributed by atoms with van der Waals surface area (Å²) in [6, 6.07) is 20.1. The van der Waals surface area contributed by atoms with E-state index in [9.17, 15) is 0 Å².